The second-order valence-electron chi connectivity index (χ2n) is 6.67. The van der Waals surface area contributed by atoms with Gasteiger partial charge in [-0.2, -0.15) is 5.26 Å². The second-order valence-corrected chi connectivity index (χ2v) is 6.67. The Morgan fingerprint density at radius 1 is 1.12 bits per heavy atom. The van der Waals surface area contributed by atoms with Crippen molar-refractivity contribution in [2.24, 2.45) is 5.92 Å². The molecule has 4 heteroatoms. The summed E-state index contributed by atoms with van der Waals surface area (Å²) < 4.78 is 5.73. The number of amides is 1. The van der Waals surface area contributed by atoms with Crippen LogP contribution < -0.4 is 4.74 Å². The first-order chi connectivity index (χ1) is 12.6. The molecule has 0 radical (unpaired) electrons. The van der Waals surface area contributed by atoms with Gasteiger partial charge in [0.05, 0.1) is 19.1 Å². The number of hydrogen-bond donors (Lipinski definition) is 0. The zero-order valence-electron chi connectivity index (χ0n) is 15.5. The van der Waals surface area contributed by atoms with Gasteiger partial charge in [0.15, 0.2) is 0 Å². The zero-order chi connectivity index (χ0) is 18.8. The van der Waals surface area contributed by atoms with E-state index in [1.165, 1.54) is 5.56 Å². The van der Waals surface area contributed by atoms with Crippen LogP contribution in [0.25, 0.3) is 0 Å². The van der Waals surface area contributed by atoms with E-state index in [2.05, 4.69) is 19.9 Å². The van der Waals surface area contributed by atoms with Gasteiger partial charge in [-0.15, -0.1) is 0 Å². The Labute approximate surface area is 156 Å². The largest absolute Gasteiger partial charge is 0.493 e. The molecule has 0 atom stereocenters. The van der Waals surface area contributed by atoms with Crippen LogP contribution in [-0.4, -0.2) is 30.5 Å². The fourth-order valence-electron chi connectivity index (χ4n) is 2.57. The maximum Gasteiger partial charge on any atom is 0.254 e. The molecule has 0 aliphatic rings. The summed E-state index contributed by atoms with van der Waals surface area (Å²) in [7, 11) is 0. The fourth-order valence-corrected chi connectivity index (χ4v) is 2.57. The number of carbonyl (C=O) groups is 1. The Kier molecular flexibility index (Phi) is 7.70. The minimum atomic E-state index is -0.0637. The predicted octanol–water partition coefficient (Wildman–Crippen LogP) is 4.32. The van der Waals surface area contributed by atoms with Crippen molar-refractivity contribution in [1.82, 2.24) is 4.90 Å². The molecule has 2 rings (SSSR count). The van der Waals surface area contributed by atoms with Gasteiger partial charge < -0.3 is 9.64 Å². The van der Waals surface area contributed by atoms with Crippen molar-refractivity contribution in [1.29, 1.82) is 5.26 Å². The van der Waals surface area contributed by atoms with E-state index in [0.29, 0.717) is 43.3 Å². The van der Waals surface area contributed by atoms with E-state index in [-0.39, 0.29) is 5.91 Å². The van der Waals surface area contributed by atoms with Gasteiger partial charge >= 0.3 is 0 Å². The predicted molar refractivity (Wildman–Crippen MR) is 103 cm³/mol. The molecule has 0 N–H and O–H groups in total. The van der Waals surface area contributed by atoms with Gasteiger partial charge in [0.25, 0.3) is 5.91 Å². The molecular formula is C22H26N2O2. The Bertz CT molecular complexity index is 735. The quantitative estimate of drug-likeness (QED) is 0.677. The molecule has 26 heavy (non-hydrogen) atoms. The Morgan fingerprint density at radius 2 is 1.88 bits per heavy atom. The molecule has 0 aromatic heterocycles. The smallest absolute Gasteiger partial charge is 0.254 e. The molecule has 0 heterocycles. The van der Waals surface area contributed by atoms with Crippen molar-refractivity contribution < 1.29 is 9.53 Å². The van der Waals surface area contributed by atoms with E-state index in [9.17, 15) is 4.79 Å². The van der Waals surface area contributed by atoms with E-state index in [0.717, 1.165) is 6.42 Å². The van der Waals surface area contributed by atoms with Crippen LogP contribution in [0.4, 0.5) is 0 Å². The molecule has 0 saturated carbocycles. The highest BCUT2D eigenvalue weighted by Crippen LogP contribution is 2.16. The van der Waals surface area contributed by atoms with Crippen LogP contribution in [0.2, 0.25) is 0 Å². The monoisotopic (exact) mass is 350 g/mol. The molecule has 0 saturated heterocycles. The maximum absolute atomic E-state index is 12.9. The number of hydrogen-bond acceptors (Lipinski definition) is 3. The molecule has 0 fully saturated rings. The van der Waals surface area contributed by atoms with Crippen molar-refractivity contribution in [2.45, 2.75) is 26.7 Å². The van der Waals surface area contributed by atoms with Gasteiger partial charge in [0.1, 0.15) is 5.75 Å². The lowest BCUT2D eigenvalue weighted by Crippen LogP contribution is -2.33. The summed E-state index contributed by atoms with van der Waals surface area (Å²) in [5.74, 6) is 1.06. The van der Waals surface area contributed by atoms with Crippen LogP contribution in [0, 0.1) is 17.2 Å². The van der Waals surface area contributed by atoms with Crippen LogP contribution in [0.3, 0.4) is 0 Å². The van der Waals surface area contributed by atoms with Crippen molar-refractivity contribution in [3.63, 3.8) is 0 Å². The summed E-state index contributed by atoms with van der Waals surface area (Å²) in [6.07, 6.45) is 1.09. The molecule has 136 valence electrons. The zero-order valence-corrected chi connectivity index (χ0v) is 15.5. The molecule has 0 bridgehead atoms. The molecule has 1 amide bonds. The number of rotatable bonds is 9. The van der Waals surface area contributed by atoms with Crippen molar-refractivity contribution in [3.05, 3.63) is 65.7 Å². The molecule has 2 aromatic carbocycles. The highest BCUT2D eigenvalue weighted by atomic mass is 16.5. The van der Waals surface area contributed by atoms with Crippen LogP contribution in [0.1, 0.15) is 36.2 Å². The van der Waals surface area contributed by atoms with Crippen molar-refractivity contribution in [2.75, 3.05) is 19.7 Å². The molecule has 2 aromatic rings. The molecule has 0 spiro atoms. The average molecular weight is 350 g/mol. The van der Waals surface area contributed by atoms with Crippen LogP contribution in [-0.2, 0) is 6.42 Å². The Hall–Kier alpha value is -2.80. The summed E-state index contributed by atoms with van der Waals surface area (Å²) in [6, 6.07) is 19.5. The summed E-state index contributed by atoms with van der Waals surface area (Å²) in [6.45, 7) is 5.80. The first kappa shape index (κ1) is 19.5. The summed E-state index contributed by atoms with van der Waals surface area (Å²) in [4.78, 5) is 14.7. The van der Waals surface area contributed by atoms with Crippen molar-refractivity contribution >= 4 is 5.91 Å². The number of nitriles is 1. The number of nitrogens with zero attached hydrogens (tertiary/aromatic N) is 2. The lowest BCUT2D eigenvalue weighted by Gasteiger charge is -2.22. The summed E-state index contributed by atoms with van der Waals surface area (Å²) in [5.41, 5.74) is 1.77. The maximum atomic E-state index is 12.9. The molecule has 0 aliphatic heterocycles. The van der Waals surface area contributed by atoms with Gasteiger partial charge in [-0.3, -0.25) is 4.79 Å². The van der Waals surface area contributed by atoms with Crippen LogP contribution >= 0.6 is 0 Å². The third-order valence-corrected chi connectivity index (χ3v) is 3.96. The summed E-state index contributed by atoms with van der Waals surface area (Å²) in [5, 5.41) is 8.91. The van der Waals surface area contributed by atoms with Crippen molar-refractivity contribution in [3.8, 4) is 11.8 Å². The minimum Gasteiger partial charge on any atom is -0.493 e. The standard InChI is InChI=1S/C22H26N2O2/c1-18(2)17-26-21-11-6-10-20(16-21)22(25)24(14-7-13-23)15-12-19-8-4-3-5-9-19/h3-6,8-11,16,18H,7,12,14-15,17H2,1-2H3. The second kappa shape index (κ2) is 10.2. The normalized spacial score (nSPS) is 10.4. The number of benzene rings is 2. The molecule has 0 aliphatic carbocycles. The highest BCUT2D eigenvalue weighted by molar-refractivity contribution is 5.94. The molecular weight excluding hydrogens is 324 g/mol. The van der Waals surface area contributed by atoms with Gasteiger partial charge in [-0.1, -0.05) is 50.2 Å². The first-order valence-electron chi connectivity index (χ1n) is 9.03. The van der Waals surface area contributed by atoms with E-state index in [4.69, 9.17) is 10.00 Å². The molecule has 4 nitrogen and oxygen atoms in total. The van der Waals surface area contributed by atoms with E-state index in [1.54, 1.807) is 17.0 Å². The average Bonchev–Trinajstić information content (AvgIpc) is 2.67. The lowest BCUT2D eigenvalue weighted by atomic mass is 10.1. The topological polar surface area (TPSA) is 53.3 Å². The number of ether oxygens (including phenoxy) is 1. The third-order valence-electron chi connectivity index (χ3n) is 3.96. The Balaban J connectivity index is 2.07. The van der Waals surface area contributed by atoms with E-state index < -0.39 is 0 Å². The number of carbonyl (C=O) groups excluding carboxylic acids is 1. The van der Waals surface area contributed by atoms with Gasteiger partial charge in [-0.25, -0.2) is 0 Å². The van der Waals surface area contributed by atoms with Gasteiger partial charge in [0, 0.05) is 18.7 Å². The van der Waals surface area contributed by atoms with Crippen LogP contribution in [0.5, 0.6) is 5.75 Å². The van der Waals surface area contributed by atoms with Gasteiger partial charge in [0.2, 0.25) is 0 Å². The SMILES string of the molecule is CC(C)COc1cccc(C(=O)N(CCC#N)CCc2ccccc2)c1. The lowest BCUT2D eigenvalue weighted by molar-refractivity contribution is 0.0760. The van der Waals surface area contributed by atoms with E-state index >= 15 is 0 Å². The Morgan fingerprint density at radius 3 is 2.58 bits per heavy atom. The molecule has 0 unspecified atom stereocenters. The fraction of sp³-hybridized carbons (Fsp3) is 0.364. The summed E-state index contributed by atoms with van der Waals surface area (Å²) >= 11 is 0. The first-order valence-corrected chi connectivity index (χ1v) is 9.03. The minimum absolute atomic E-state index is 0.0637. The highest BCUT2D eigenvalue weighted by Gasteiger charge is 2.16. The van der Waals surface area contributed by atoms with Crippen LogP contribution in [0.15, 0.2) is 54.6 Å². The van der Waals surface area contributed by atoms with Gasteiger partial charge in [-0.05, 0) is 36.1 Å². The third kappa shape index (κ3) is 6.25. The van der Waals surface area contributed by atoms with E-state index in [1.807, 2.05) is 42.5 Å².